The monoisotopic (exact) mass is 137 g/mol. The van der Waals surface area contributed by atoms with Gasteiger partial charge in [-0.1, -0.05) is 0 Å². The van der Waals surface area contributed by atoms with Gasteiger partial charge in [-0.15, -0.1) is 0 Å². The van der Waals surface area contributed by atoms with Gasteiger partial charge in [-0.25, -0.2) is 4.99 Å². The number of rotatable bonds is 0. The van der Waals surface area contributed by atoms with Crippen LogP contribution in [0.4, 0.5) is 0 Å². The van der Waals surface area contributed by atoms with Crippen LogP contribution in [0.3, 0.4) is 0 Å². The van der Waals surface area contributed by atoms with E-state index in [1.54, 1.807) is 5.57 Å². The molecule has 2 nitrogen and oxygen atoms in total. The van der Waals surface area contributed by atoms with E-state index in [0.29, 0.717) is 0 Å². The van der Waals surface area contributed by atoms with Crippen molar-refractivity contribution in [2.24, 2.45) is 0 Å². The minimum Gasteiger partial charge on any atom is -0.380 e. The molecule has 0 fully saturated rings. The highest BCUT2D eigenvalue weighted by Crippen LogP contribution is 2.16. The molecule has 2 heteroatoms. The molecule has 0 aromatic rings. The Morgan fingerprint density at radius 1 is 1.40 bits per heavy atom. The third-order valence-corrected chi connectivity index (χ3v) is 2.17. The maximum Gasteiger partial charge on any atom is 0.185 e. The number of allylic oxidation sites excluding steroid dienone is 1. The molecule has 0 aromatic carbocycles. The fourth-order valence-electron chi connectivity index (χ4n) is 1.59. The first-order valence-electron chi connectivity index (χ1n) is 3.99. The molecule has 0 aliphatic carbocycles. The largest absolute Gasteiger partial charge is 0.380 e. The topological polar surface area (TPSA) is 26.0 Å². The number of hydrogen-bond acceptors (Lipinski definition) is 1. The van der Waals surface area contributed by atoms with Gasteiger partial charge < -0.3 is 5.32 Å². The zero-order valence-corrected chi connectivity index (χ0v) is 6.11. The molecule has 0 amide bonds. The van der Waals surface area contributed by atoms with E-state index in [9.17, 15) is 0 Å². The van der Waals surface area contributed by atoms with Gasteiger partial charge in [-0.2, -0.15) is 0 Å². The van der Waals surface area contributed by atoms with Crippen molar-refractivity contribution in [2.75, 3.05) is 13.1 Å². The van der Waals surface area contributed by atoms with Gasteiger partial charge in [0.1, 0.15) is 6.54 Å². The van der Waals surface area contributed by atoms with Crippen LogP contribution in [0.5, 0.6) is 0 Å². The van der Waals surface area contributed by atoms with Crippen molar-refractivity contribution in [2.45, 2.75) is 19.3 Å². The van der Waals surface area contributed by atoms with Crippen LogP contribution in [-0.2, 0) is 0 Å². The van der Waals surface area contributed by atoms with Crippen molar-refractivity contribution in [1.82, 2.24) is 5.32 Å². The van der Waals surface area contributed by atoms with Gasteiger partial charge in [0.05, 0.1) is 5.70 Å². The molecule has 0 unspecified atom stereocenters. The quantitative estimate of drug-likeness (QED) is 0.448. The molecule has 0 radical (unpaired) electrons. The minimum absolute atomic E-state index is 1.13. The molecule has 0 bridgehead atoms. The molecule has 0 saturated carbocycles. The van der Waals surface area contributed by atoms with Gasteiger partial charge in [0.2, 0.25) is 0 Å². The van der Waals surface area contributed by atoms with Crippen molar-refractivity contribution in [3.8, 4) is 0 Å². The molecule has 2 rings (SSSR count). The predicted molar refractivity (Wildman–Crippen MR) is 40.8 cm³/mol. The van der Waals surface area contributed by atoms with Crippen LogP contribution >= 0.6 is 0 Å². The molecule has 0 spiro atoms. The maximum absolute atomic E-state index is 3.38. The summed E-state index contributed by atoms with van der Waals surface area (Å²) < 4.78 is 0. The molecule has 0 saturated heterocycles. The lowest BCUT2D eigenvalue weighted by Gasteiger charge is -2.18. The summed E-state index contributed by atoms with van der Waals surface area (Å²) in [6.07, 6.45) is 5.96. The van der Waals surface area contributed by atoms with Gasteiger partial charge in [0, 0.05) is 13.0 Å². The predicted octanol–water partition coefficient (Wildman–Crippen LogP) is -0.821. The van der Waals surface area contributed by atoms with E-state index in [1.807, 2.05) is 0 Å². The second kappa shape index (κ2) is 2.45. The van der Waals surface area contributed by atoms with Crippen LogP contribution in [0.1, 0.15) is 19.3 Å². The summed E-state index contributed by atoms with van der Waals surface area (Å²) in [5.41, 5.74) is 2.97. The summed E-state index contributed by atoms with van der Waals surface area (Å²) >= 11 is 0. The lowest BCUT2D eigenvalue weighted by molar-refractivity contribution is -0.452. The first kappa shape index (κ1) is 5.96. The van der Waals surface area contributed by atoms with Crippen LogP contribution in [0, 0.1) is 0 Å². The average molecular weight is 137 g/mol. The fraction of sp³-hybridized carbons (Fsp3) is 0.625. The smallest absolute Gasteiger partial charge is 0.185 e. The summed E-state index contributed by atoms with van der Waals surface area (Å²) in [7, 11) is 0. The lowest BCUT2D eigenvalue weighted by atomic mass is 10.00. The summed E-state index contributed by atoms with van der Waals surface area (Å²) in [6.45, 7) is 2.28. The molecule has 0 atom stereocenters. The lowest BCUT2D eigenvalue weighted by Crippen LogP contribution is -2.71. The van der Waals surface area contributed by atoms with Gasteiger partial charge in [0.15, 0.2) is 6.21 Å². The van der Waals surface area contributed by atoms with Gasteiger partial charge in [-0.05, 0) is 18.4 Å². The zero-order chi connectivity index (χ0) is 6.81. The Labute approximate surface area is 61.0 Å². The minimum atomic E-state index is 1.13. The van der Waals surface area contributed by atoms with Crippen molar-refractivity contribution >= 4 is 6.21 Å². The molecule has 10 heavy (non-hydrogen) atoms. The highest BCUT2D eigenvalue weighted by Gasteiger charge is 2.15. The second-order valence-electron chi connectivity index (χ2n) is 2.90. The second-order valence-corrected chi connectivity index (χ2v) is 2.90. The maximum atomic E-state index is 3.38. The molecular weight excluding hydrogens is 124 g/mol. The molecule has 0 aromatic heterocycles. The Balaban J connectivity index is 2.23. The Morgan fingerprint density at radius 3 is 3.30 bits per heavy atom. The molecule has 2 aliphatic rings. The summed E-state index contributed by atoms with van der Waals surface area (Å²) in [6, 6.07) is 0. The third kappa shape index (κ3) is 0.939. The van der Waals surface area contributed by atoms with Gasteiger partial charge in [0.25, 0.3) is 0 Å². The highest BCUT2D eigenvalue weighted by atomic mass is 14.9. The Kier molecular flexibility index (Phi) is 1.46. The molecule has 2 heterocycles. The number of nitrogens with one attached hydrogen (secondary N) is 2. The Hall–Kier alpha value is -0.790. The van der Waals surface area contributed by atoms with E-state index in [1.165, 1.54) is 25.0 Å². The Bertz CT molecular complexity index is 191. The van der Waals surface area contributed by atoms with Crippen LogP contribution in [0.15, 0.2) is 11.3 Å². The van der Waals surface area contributed by atoms with Crippen LogP contribution in [0.2, 0.25) is 0 Å². The summed E-state index contributed by atoms with van der Waals surface area (Å²) in [5, 5.41) is 3.38. The van der Waals surface area contributed by atoms with Crippen LogP contribution in [-0.4, -0.2) is 19.3 Å². The van der Waals surface area contributed by atoms with E-state index in [0.717, 1.165) is 13.1 Å². The normalized spacial score (nSPS) is 24.0. The van der Waals surface area contributed by atoms with E-state index in [4.69, 9.17) is 0 Å². The van der Waals surface area contributed by atoms with Crippen molar-refractivity contribution in [1.29, 1.82) is 0 Å². The van der Waals surface area contributed by atoms with Gasteiger partial charge in [-0.3, -0.25) is 0 Å². The number of hydrogen-bond donors (Lipinski definition) is 2. The van der Waals surface area contributed by atoms with E-state index >= 15 is 0 Å². The SMILES string of the molecule is C1=[NH+]CCC2=C1NCCC2. The molecular formula is C8H13N2+. The third-order valence-electron chi connectivity index (χ3n) is 2.17. The zero-order valence-electron chi connectivity index (χ0n) is 6.11. The van der Waals surface area contributed by atoms with E-state index in [-0.39, 0.29) is 0 Å². The Morgan fingerprint density at radius 2 is 2.40 bits per heavy atom. The van der Waals surface area contributed by atoms with Gasteiger partial charge >= 0.3 is 0 Å². The first-order valence-corrected chi connectivity index (χ1v) is 3.99. The summed E-state index contributed by atoms with van der Waals surface area (Å²) in [4.78, 5) is 3.24. The van der Waals surface area contributed by atoms with Crippen LogP contribution in [0.25, 0.3) is 0 Å². The fourth-order valence-corrected chi connectivity index (χ4v) is 1.59. The summed E-state index contributed by atoms with van der Waals surface area (Å²) in [5.74, 6) is 0. The van der Waals surface area contributed by atoms with Crippen molar-refractivity contribution in [3.63, 3.8) is 0 Å². The van der Waals surface area contributed by atoms with E-state index in [2.05, 4.69) is 16.5 Å². The molecule has 54 valence electrons. The van der Waals surface area contributed by atoms with Crippen molar-refractivity contribution in [3.05, 3.63) is 11.3 Å². The van der Waals surface area contributed by atoms with Crippen LogP contribution < -0.4 is 10.3 Å². The molecule has 2 N–H and O–H groups in total. The first-order chi connectivity index (χ1) is 4.97. The van der Waals surface area contributed by atoms with Crippen molar-refractivity contribution < 1.29 is 4.99 Å². The standard InChI is InChI=1S/C8H12N2/c1-2-7-3-5-9-6-8(7)10-4-1/h6,10H,1-5H2/p+1. The molecule has 2 aliphatic heterocycles. The highest BCUT2D eigenvalue weighted by molar-refractivity contribution is 5.74. The van der Waals surface area contributed by atoms with E-state index < -0.39 is 0 Å². The average Bonchev–Trinajstić information content (AvgIpc) is 2.05.